The van der Waals surface area contributed by atoms with Crippen LogP contribution in [0.15, 0.2) is 36.4 Å². The predicted molar refractivity (Wildman–Crippen MR) is 109 cm³/mol. The number of aryl methyl sites for hydroxylation is 1. The fourth-order valence-electron chi connectivity index (χ4n) is 2.76. The maximum atomic E-state index is 12.7. The van der Waals surface area contributed by atoms with E-state index in [1.54, 1.807) is 13.1 Å². The van der Waals surface area contributed by atoms with Gasteiger partial charge in [0.05, 0.1) is 12.8 Å². The van der Waals surface area contributed by atoms with Gasteiger partial charge in [0.1, 0.15) is 5.69 Å². The molecule has 2 heterocycles. The van der Waals surface area contributed by atoms with E-state index in [0.717, 1.165) is 10.4 Å². The minimum absolute atomic E-state index is 0.256. The van der Waals surface area contributed by atoms with Gasteiger partial charge in [0.25, 0.3) is 5.91 Å². The lowest BCUT2D eigenvalue weighted by Crippen LogP contribution is -2.16. The number of hydrogen-bond acceptors (Lipinski definition) is 6. The number of esters is 1. The van der Waals surface area contributed by atoms with Crippen LogP contribution in [0.4, 0.5) is 5.13 Å². The molecule has 0 bridgehead atoms. The lowest BCUT2D eigenvalue weighted by molar-refractivity contribution is 0.0593. The van der Waals surface area contributed by atoms with Crippen LogP contribution < -0.4 is 5.32 Å². The number of carbonyl (C=O) groups excluding carboxylic acids is 2. The molecule has 1 N–H and O–H groups in total. The highest BCUT2D eigenvalue weighted by atomic mass is 32.1. The SMILES string of the molecule is COC(=O)c1nc(NC(=O)c2cc(-c3ccccc3)nn2C)sc1CC(C)C. The summed E-state index contributed by atoms with van der Waals surface area (Å²) in [6.07, 6.45) is 0.682. The molecular formula is C20H22N4O3S. The van der Waals surface area contributed by atoms with Crippen molar-refractivity contribution in [2.45, 2.75) is 20.3 Å². The van der Waals surface area contributed by atoms with E-state index in [2.05, 4.69) is 29.2 Å². The second-order valence-corrected chi connectivity index (χ2v) is 7.82. The molecule has 0 saturated carbocycles. The molecule has 0 saturated heterocycles. The zero-order valence-corrected chi connectivity index (χ0v) is 17.0. The molecule has 3 aromatic rings. The Kier molecular flexibility index (Phi) is 5.89. The summed E-state index contributed by atoms with van der Waals surface area (Å²) < 4.78 is 6.34. The van der Waals surface area contributed by atoms with Crippen molar-refractivity contribution in [2.75, 3.05) is 12.4 Å². The first kappa shape index (κ1) is 19.8. The summed E-state index contributed by atoms with van der Waals surface area (Å²) in [6.45, 7) is 4.11. The van der Waals surface area contributed by atoms with Crippen molar-refractivity contribution in [1.82, 2.24) is 14.8 Å². The van der Waals surface area contributed by atoms with Gasteiger partial charge < -0.3 is 4.74 Å². The lowest BCUT2D eigenvalue weighted by Gasteiger charge is -2.02. The second-order valence-electron chi connectivity index (χ2n) is 6.74. The lowest BCUT2D eigenvalue weighted by atomic mass is 10.1. The number of carbonyl (C=O) groups is 2. The third-order valence-electron chi connectivity index (χ3n) is 4.07. The molecular weight excluding hydrogens is 376 g/mol. The predicted octanol–water partition coefficient (Wildman–Crippen LogP) is 3.78. The Morgan fingerprint density at radius 2 is 1.96 bits per heavy atom. The highest BCUT2D eigenvalue weighted by Crippen LogP contribution is 2.27. The number of ether oxygens (including phenoxy) is 1. The zero-order chi connectivity index (χ0) is 20.3. The topological polar surface area (TPSA) is 86.1 Å². The summed E-state index contributed by atoms with van der Waals surface area (Å²) in [5.41, 5.74) is 2.30. The van der Waals surface area contributed by atoms with E-state index in [0.29, 0.717) is 28.9 Å². The van der Waals surface area contributed by atoms with Crippen LogP contribution in [-0.4, -0.2) is 33.8 Å². The molecule has 0 atom stereocenters. The van der Waals surface area contributed by atoms with Crippen molar-refractivity contribution in [3.8, 4) is 11.3 Å². The van der Waals surface area contributed by atoms with E-state index in [-0.39, 0.29) is 11.6 Å². The van der Waals surface area contributed by atoms with Gasteiger partial charge in [-0.15, -0.1) is 11.3 Å². The van der Waals surface area contributed by atoms with Gasteiger partial charge in [0.2, 0.25) is 0 Å². The van der Waals surface area contributed by atoms with Crippen molar-refractivity contribution in [1.29, 1.82) is 0 Å². The molecule has 0 aliphatic carbocycles. The molecule has 0 unspecified atom stereocenters. The number of anilines is 1. The molecule has 0 spiro atoms. The van der Waals surface area contributed by atoms with Crippen molar-refractivity contribution in [2.24, 2.45) is 13.0 Å². The fraction of sp³-hybridized carbons (Fsp3) is 0.300. The van der Waals surface area contributed by atoms with Gasteiger partial charge >= 0.3 is 5.97 Å². The Bertz CT molecular complexity index is 992. The fourth-order valence-corrected chi connectivity index (χ4v) is 3.92. The number of methoxy groups -OCH3 is 1. The molecule has 28 heavy (non-hydrogen) atoms. The number of amides is 1. The second kappa shape index (κ2) is 8.35. The molecule has 0 fully saturated rings. The van der Waals surface area contributed by atoms with E-state index in [4.69, 9.17) is 4.74 Å². The summed E-state index contributed by atoms with van der Waals surface area (Å²) >= 11 is 1.29. The van der Waals surface area contributed by atoms with Crippen LogP contribution in [-0.2, 0) is 18.2 Å². The summed E-state index contributed by atoms with van der Waals surface area (Å²) in [4.78, 5) is 29.8. The zero-order valence-electron chi connectivity index (χ0n) is 16.2. The van der Waals surface area contributed by atoms with Crippen molar-refractivity contribution >= 4 is 28.3 Å². The number of hydrogen-bond donors (Lipinski definition) is 1. The summed E-state index contributed by atoms with van der Waals surface area (Å²) in [7, 11) is 3.03. The summed E-state index contributed by atoms with van der Waals surface area (Å²) in [6, 6.07) is 11.4. The standard InChI is InChI=1S/C20H22N4O3S/c1-12(2)10-16-17(19(26)27-4)21-20(28-16)22-18(25)15-11-14(23-24(15)3)13-8-6-5-7-9-13/h5-9,11-12H,10H2,1-4H3,(H,21,22,25). The van der Waals surface area contributed by atoms with Gasteiger partial charge in [0, 0.05) is 17.5 Å². The first-order chi connectivity index (χ1) is 13.4. The number of benzene rings is 1. The Morgan fingerprint density at radius 1 is 1.25 bits per heavy atom. The minimum Gasteiger partial charge on any atom is -0.464 e. The Balaban J connectivity index is 1.84. The molecule has 2 aromatic heterocycles. The third kappa shape index (κ3) is 4.28. The van der Waals surface area contributed by atoms with Crippen LogP contribution in [0, 0.1) is 5.92 Å². The van der Waals surface area contributed by atoms with E-state index in [1.807, 2.05) is 30.3 Å². The number of thiazole rings is 1. The number of nitrogens with one attached hydrogen (secondary N) is 1. The maximum Gasteiger partial charge on any atom is 0.357 e. The van der Waals surface area contributed by atoms with E-state index < -0.39 is 5.97 Å². The van der Waals surface area contributed by atoms with Crippen LogP contribution in [0.25, 0.3) is 11.3 Å². The smallest absolute Gasteiger partial charge is 0.357 e. The molecule has 3 rings (SSSR count). The van der Waals surface area contributed by atoms with E-state index in [1.165, 1.54) is 23.1 Å². The highest BCUT2D eigenvalue weighted by molar-refractivity contribution is 7.16. The van der Waals surface area contributed by atoms with Crippen LogP contribution in [0.5, 0.6) is 0 Å². The number of rotatable bonds is 6. The normalized spacial score (nSPS) is 10.9. The van der Waals surface area contributed by atoms with Gasteiger partial charge in [-0.25, -0.2) is 9.78 Å². The average Bonchev–Trinajstić information content (AvgIpc) is 3.24. The van der Waals surface area contributed by atoms with Crippen LogP contribution >= 0.6 is 11.3 Å². The average molecular weight is 398 g/mol. The molecule has 146 valence electrons. The van der Waals surface area contributed by atoms with Gasteiger partial charge in [0.15, 0.2) is 10.8 Å². The monoisotopic (exact) mass is 398 g/mol. The third-order valence-corrected chi connectivity index (χ3v) is 5.07. The number of nitrogens with zero attached hydrogens (tertiary/aromatic N) is 3. The van der Waals surface area contributed by atoms with Gasteiger partial charge in [-0.1, -0.05) is 44.2 Å². The van der Waals surface area contributed by atoms with Crippen molar-refractivity contribution in [3.63, 3.8) is 0 Å². The van der Waals surface area contributed by atoms with Crippen molar-refractivity contribution in [3.05, 3.63) is 52.7 Å². The Hall–Kier alpha value is -3.00. The molecule has 1 amide bonds. The van der Waals surface area contributed by atoms with Gasteiger partial charge in [-0.3, -0.25) is 14.8 Å². The molecule has 7 nitrogen and oxygen atoms in total. The van der Waals surface area contributed by atoms with Gasteiger partial charge in [-0.05, 0) is 18.4 Å². The van der Waals surface area contributed by atoms with E-state index in [9.17, 15) is 9.59 Å². The molecule has 0 aliphatic rings. The highest BCUT2D eigenvalue weighted by Gasteiger charge is 2.22. The first-order valence-electron chi connectivity index (χ1n) is 8.88. The summed E-state index contributed by atoms with van der Waals surface area (Å²) in [5.74, 6) is -0.490. The first-order valence-corrected chi connectivity index (χ1v) is 9.69. The minimum atomic E-state index is -0.501. The summed E-state index contributed by atoms with van der Waals surface area (Å²) in [5, 5.41) is 7.55. The largest absolute Gasteiger partial charge is 0.464 e. The van der Waals surface area contributed by atoms with Gasteiger partial charge in [-0.2, -0.15) is 5.10 Å². The Labute approximate surface area is 167 Å². The number of aromatic nitrogens is 3. The molecule has 1 aromatic carbocycles. The molecule has 0 radical (unpaired) electrons. The Morgan fingerprint density at radius 3 is 2.61 bits per heavy atom. The molecule has 0 aliphatic heterocycles. The van der Waals surface area contributed by atoms with E-state index >= 15 is 0 Å². The quantitative estimate of drug-likeness (QED) is 0.639. The molecule has 8 heteroatoms. The van der Waals surface area contributed by atoms with Crippen LogP contribution in [0.1, 0.15) is 39.7 Å². The maximum absolute atomic E-state index is 12.7. The van der Waals surface area contributed by atoms with Crippen molar-refractivity contribution < 1.29 is 14.3 Å². The van der Waals surface area contributed by atoms with Crippen LogP contribution in [0.2, 0.25) is 0 Å². The van der Waals surface area contributed by atoms with Crippen LogP contribution in [0.3, 0.4) is 0 Å².